The van der Waals surface area contributed by atoms with E-state index in [4.69, 9.17) is 10.4 Å². The number of thiophene rings is 1. The van der Waals surface area contributed by atoms with Crippen LogP contribution >= 0.6 is 11.3 Å². The first-order valence-electron chi connectivity index (χ1n) is 3.11. The lowest BCUT2D eigenvalue weighted by atomic mass is 10.5. The van der Waals surface area contributed by atoms with Crippen LogP contribution in [0.25, 0.3) is 0 Å². The summed E-state index contributed by atoms with van der Waals surface area (Å²) >= 11 is 1.15. The van der Waals surface area contributed by atoms with Gasteiger partial charge in [-0.05, 0) is 12.1 Å². The second kappa shape index (κ2) is 3.24. The van der Waals surface area contributed by atoms with Crippen molar-refractivity contribution in [1.29, 1.82) is 5.26 Å². The van der Waals surface area contributed by atoms with Crippen LogP contribution < -0.4 is 4.90 Å². The molecule has 0 aliphatic carbocycles. The molecule has 1 heterocycles. The van der Waals surface area contributed by atoms with Gasteiger partial charge in [-0.25, -0.2) is 4.79 Å². The van der Waals surface area contributed by atoms with E-state index in [0.29, 0.717) is 9.88 Å². The van der Waals surface area contributed by atoms with Gasteiger partial charge in [0.05, 0.1) is 0 Å². The molecule has 1 aromatic rings. The van der Waals surface area contributed by atoms with Crippen LogP contribution in [0.1, 0.15) is 4.88 Å². The maximum absolute atomic E-state index is 10.4. The van der Waals surface area contributed by atoms with Gasteiger partial charge in [-0.1, -0.05) is 0 Å². The first kappa shape index (κ1) is 8.56. The van der Waals surface area contributed by atoms with E-state index in [1.807, 2.05) is 6.07 Å². The van der Waals surface area contributed by atoms with E-state index >= 15 is 0 Å². The number of nitriles is 1. The molecule has 0 aliphatic heterocycles. The van der Waals surface area contributed by atoms with Crippen molar-refractivity contribution in [2.45, 2.75) is 0 Å². The van der Waals surface area contributed by atoms with Gasteiger partial charge < -0.3 is 5.11 Å². The molecular formula is C7H6N2O2S. The molecule has 0 bridgehead atoms. The summed E-state index contributed by atoms with van der Waals surface area (Å²) in [4.78, 5) is 12.0. The summed E-state index contributed by atoms with van der Waals surface area (Å²) < 4.78 is 0. The zero-order valence-corrected chi connectivity index (χ0v) is 7.13. The summed E-state index contributed by atoms with van der Waals surface area (Å²) in [5.74, 6) is 0. The van der Waals surface area contributed by atoms with Crippen molar-refractivity contribution in [3.05, 3.63) is 17.0 Å². The average Bonchev–Trinajstić information content (AvgIpc) is 2.50. The van der Waals surface area contributed by atoms with Crippen molar-refractivity contribution in [3.8, 4) is 6.07 Å². The highest BCUT2D eigenvalue weighted by atomic mass is 32.1. The summed E-state index contributed by atoms with van der Waals surface area (Å²) in [5, 5.41) is 17.6. The number of hydrogen-bond donors (Lipinski definition) is 1. The fraction of sp³-hybridized carbons (Fsp3) is 0.143. The smallest absolute Gasteiger partial charge is 0.412 e. The molecule has 0 aliphatic rings. The van der Waals surface area contributed by atoms with Crippen LogP contribution in [0.15, 0.2) is 12.1 Å². The molecule has 1 rings (SSSR count). The minimum Gasteiger partial charge on any atom is -0.465 e. The lowest BCUT2D eigenvalue weighted by Crippen LogP contribution is -2.22. The Morgan fingerprint density at radius 3 is 2.83 bits per heavy atom. The Hall–Kier alpha value is -1.54. The van der Waals surface area contributed by atoms with Gasteiger partial charge in [-0.3, -0.25) is 4.90 Å². The number of anilines is 1. The lowest BCUT2D eigenvalue weighted by molar-refractivity contribution is 0.203. The quantitative estimate of drug-likeness (QED) is 0.719. The van der Waals surface area contributed by atoms with Crippen molar-refractivity contribution in [3.63, 3.8) is 0 Å². The Morgan fingerprint density at radius 1 is 1.75 bits per heavy atom. The first-order valence-corrected chi connectivity index (χ1v) is 3.93. The third-order valence-electron chi connectivity index (χ3n) is 1.32. The molecule has 4 nitrogen and oxygen atoms in total. The second-order valence-electron chi connectivity index (χ2n) is 2.09. The summed E-state index contributed by atoms with van der Waals surface area (Å²) in [7, 11) is 1.44. The predicted molar refractivity (Wildman–Crippen MR) is 45.5 cm³/mol. The number of rotatable bonds is 1. The molecule has 0 spiro atoms. The van der Waals surface area contributed by atoms with Crippen molar-refractivity contribution in [1.82, 2.24) is 0 Å². The van der Waals surface area contributed by atoms with Crippen molar-refractivity contribution in [2.24, 2.45) is 0 Å². The molecule has 12 heavy (non-hydrogen) atoms. The number of carbonyl (C=O) groups is 1. The van der Waals surface area contributed by atoms with E-state index in [1.165, 1.54) is 7.05 Å². The number of carboxylic acid groups (broad SMARTS) is 1. The van der Waals surface area contributed by atoms with Crippen LogP contribution in [-0.2, 0) is 0 Å². The van der Waals surface area contributed by atoms with Crippen LogP contribution in [0, 0.1) is 11.3 Å². The van der Waals surface area contributed by atoms with E-state index in [9.17, 15) is 4.79 Å². The highest BCUT2D eigenvalue weighted by molar-refractivity contribution is 7.16. The molecule has 0 aromatic carbocycles. The Labute approximate surface area is 73.3 Å². The maximum atomic E-state index is 10.4. The maximum Gasteiger partial charge on any atom is 0.412 e. The van der Waals surface area contributed by atoms with E-state index in [-0.39, 0.29) is 0 Å². The third-order valence-corrected chi connectivity index (χ3v) is 2.39. The fourth-order valence-electron chi connectivity index (χ4n) is 0.662. The SMILES string of the molecule is CN(C(=O)O)c1ccc(C#N)s1. The monoisotopic (exact) mass is 182 g/mol. The zero-order chi connectivity index (χ0) is 9.14. The highest BCUT2D eigenvalue weighted by Gasteiger charge is 2.10. The summed E-state index contributed by atoms with van der Waals surface area (Å²) in [6.07, 6.45) is -1.03. The van der Waals surface area contributed by atoms with Crippen LogP contribution in [0.2, 0.25) is 0 Å². The van der Waals surface area contributed by atoms with Gasteiger partial charge in [0.15, 0.2) is 0 Å². The molecule has 0 radical (unpaired) electrons. The van der Waals surface area contributed by atoms with Gasteiger partial charge in [-0.15, -0.1) is 11.3 Å². The number of hydrogen-bond acceptors (Lipinski definition) is 3. The highest BCUT2D eigenvalue weighted by Crippen LogP contribution is 2.24. The zero-order valence-electron chi connectivity index (χ0n) is 6.31. The molecule has 0 unspecified atom stereocenters. The molecule has 5 heteroatoms. The number of amides is 1. The minimum atomic E-state index is -1.03. The van der Waals surface area contributed by atoms with Crippen LogP contribution in [0.4, 0.5) is 9.80 Å². The van der Waals surface area contributed by atoms with Crippen molar-refractivity contribution < 1.29 is 9.90 Å². The topological polar surface area (TPSA) is 64.3 Å². The van der Waals surface area contributed by atoms with E-state index in [2.05, 4.69) is 0 Å². The molecule has 1 amide bonds. The summed E-state index contributed by atoms with van der Waals surface area (Å²) in [6, 6.07) is 5.15. The minimum absolute atomic E-state index is 0.512. The van der Waals surface area contributed by atoms with E-state index < -0.39 is 6.09 Å². The third kappa shape index (κ3) is 1.54. The van der Waals surface area contributed by atoms with Gasteiger partial charge in [0.2, 0.25) is 0 Å². The van der Waals surface area contributed by atoms with E-state index in [1.54, 1.807) is 12.1 Å². The standard InChI is InChI=1S/C7H6N2O2S/c1-9(7(10)11)6-3-2-5(4-8)12-6/h2-3H,1H3,(H,10,11). The molecule has 0 saturated carbocycles. The van der Waals surface area contributed by atoms with Gasteiger partial charge in [-0.2, -0.15) is 5.26 Å². The predicted octanol–water partition coefficient (Wildman–Crippen LogP) is 1.73. The average molecular weight is 182 g/mol. The fourth-order valence-corrected chi connectivity index (χ4v) is 1.42. The Morgan fingerprint density at radius 2 is 2.42 bits per heavy atom. The van der Waals surface area contributed by atoms with E-state index in [0.717, 1.165) is 16.2 Å². The summed E-state index contributed by atoms with van der Waals surface area (Å²) in [5.41, 5.74) is 0. The molecular weight excluding hydrogens is 176 g/mol. The molecule has 62 valence electrons. The Balaban J connectivity index is 2.90. The Bertz CT molecular complexity index is 339. The van der Waals surface area contributed by atoms with Gasteiger partial charge in [0, 0.05) is 7.05 Å². The molecule has 0 saturated heterocycles. The summed E-state index contributed by atoms with van der Waals surface area (Å²) in [6.45, 7) is 0. The van der Waals surface area contributed by atoms with Gasteiger partial charge in [0.1, 0.15) is 15.9 Å². The Kier molecular flexibility index (Phi) is 2.31. The van der Waals surface area contributed by atoms with Crippen molar-refractivity contribution >= 4 is 22.4 Å². The van der Waals surface area contributed by atoms with Gasteiger partial charge in [0.25, 0.3) is 0 Å². The number of nitrogens with zero attached hydrogens (tertiary/aromatic N) is 2. The normalized spacial score (nSPS) is 9.00. The van der Waals surface area contributed by atoms with Crippen LogP contribution in [0.3, 0.4) is 0 Å². The molecule has 1 N–H and O–H groups in total. The first-order chi connectivity index (χ1) is 5.65. The molecule has 1 aromatic heterocycles. The van der Waals surface area contributed by atoms with Crippen molar-refractivity contribution in [2.75, 3.05) is 11.9 Å². The lowest BCUT2D eigenvalue weighted by Gasteiger charge is -2.08. The largest absolute Gasteiger partial charge is 0.465 e. The van der Waals surface area contributed by atoms with Gasteiger partial charge >= 0.3 is 6.09 Å². The second-order valence-corrected chi connectivity index (χ2v) is 3.15. The molecule has 0 fully saturated rings. The molecule has 0 atom stereocenters. The van der Waals surface area contributed by atoms with Crippen LogP contribution in [0.5, 0.6) is 0 Å². The van der Waals surface area contributed by atoms with Crippen LogP contribution in [-0.4, -0.2) is 18.2 Å².